The third kappa shape index (κ3) is 2.72. The van der Waals surface area contributed by atoms with Gasteiger partial charge in [-0.2, -0.15) is 5.10 Å². The summed E-state index contributed by atoms with van der Waals surface area (Å²) in [5.74, 6) is 0.921. The number of alkyl halides is 2. The zero-order chi connectivity index (χ0) is 14.2. The fourth-order valence-corrected chi connectivity index (χ4v) is 1.64. The molecule has 0 aromatic carbocycles. The van der Waals surface area contributed by atoms with Gasteiger partial charge < -0.3 is 5.32 Å². The van der Waals surface area contributed by atoms with E-state index in [0.29, 0.717) is 11.8 Å². The van der Waals surface area contributed by atoms with Gasteiger partial charge in [-0.05, 0) is 20.8 Å². The average Bonchev–Trinajstić information content (AvgIpc) is 2.86. The largest absolute Gasteiger partial charge is 0.309 e. The Hall–Kier alpha value is -1.99. The van der Waals surface area contributed by atoms with Crippen molar-refractivity contribution in [2.45, 2.75) is 32.7 Å². The number of nitrogens with one attached hydrogen (secondary N) is 1. The minimum Gasteiger partial charge on any atom is -0.309 e. The number of halogens is 2. The molecule has 0 radical (unpaired) electrons. The van der Waals surface area contributed by atoms with Crippen LogP contribution in [0.25, 0.3) is 0 Å². The molecule has 0 atom stereocenters. The molecule has 0 fully saturated rings. The highest BCUT2D eigenvalue weighted by molar-refractivity contribution is 5.49. The number of nitrogens with zero attached hydrogens (tertiary/aromatic N) is 5. The van der Waals surface area contributed by atoms with Gasteiger partial charge in [-0.3, -0.25) is 9.25 Å². The Morgan fingerprint density at radius 3 is 2.53 bits per heavy atom. The van der Waals surface area contributed by atoms with E-state index in [1.165, 1.54) is 10.7 Å². The van der Waals surface area contributed by atoms with E-state index >= 15 is 0 Å². The Morgan fingerprint density at radius 1 is 1.32 bits per heavy atom. The first-order valence-electron chi connectivity index (χ1n) is 5.78. The molecule has 19 heavy (non-hydrogen) atoms. The standard InChI is InChI=1S/C11H16F2N6/c1-11(2,3)19-6-14-16-10(19)15-8-5-7(9(12)13)17-18(8)4/h5-6,9H,1-4H3,(H,15,16). The van der Waals surface area contributed by atoms with E-state index < -0.39 is 6.43 Å². The molecule has 104 valence electrons. The van der Waals surface area contributed by atoms with Crippen LogP contribution >= 0.6 is 0 Å². The van der Waals surface area contributed by atoms with Crippen molar-refractivity contribution in [3.05, 3.63) is 18.1 Å². The minimum atomic E-state index is -2.60. The van der Waals surface area contributed by atoms with Gasteiger partial charge in [0.2, 0.25) is 5.95 Å². The van der Waals surface area contributed by atoms with E-state index in [9.17, 15) is 8.78 Å². The van der Waals surface area contributed by atoms with E-state index in [1.807, 2.05) is 25.3 Å². The maximum atomic E-state index is 12.6. The molecule has 0 aliphatic carbocycles. The lowest BCUT2D eigenvalue weighted by Gasteiger charge is -2.22. The van der Waals surface area contributed by atoms with Crippen LogP contribution in [-0.4, -0.2) is 24.5 Å². The van der Waals surface area contributed by atoms with Crippen LogP contribution in [0.15, 0.2) is 12.4 Å². The van der Waals surface area contributed by atoms with Crippen LogP contribution in [0.5, 0.6) is 0 Å². The second kappa shape index (κ2) is 4.60. The number of anilines is 2. The maximum absolute atomic E-state index is 12.6. The maximum Gasteiger partial charge on any atom is 0.282 e. The first-order valence-corrected chi connectivity index (χ1v) is 5.78. The van der Waals surface area contributed by atoms with Crippen LogP contribution in [0.1, 0.15) is 32.9 Å². The molecular formula is C11H16F2N6. The van der Waals surface area contributed by atoms with Crippen LogP contribution in [0.3, 0.4) is 0 Å². The Kier molecular flexibility index (Phi) is 3.25. The Balaban J connectivity index is 2.29. The topological polar surface area (TPSA) is 60.6 Å². The lowest BCUT2D eigenvalue weighted by Crippen LogP contribution is -2.22. The first-order chi connectivity index (χ1) is 8.79. The highest BCUT2D eigenvalue weighted by Gasteiger charge is 2.20. The molecule has 6 nitrogen and oxygen atoms in total. The molecule has 0 amide bonds. The molecule has 2 heterocycles. The summed E-state index contributed by atoms with van der Waals surface area (Å²) in [7, 11) is 1.59. The number of rotatable bonds is 3. The summed E-state index contributed by atoms with van der Waals surface area (Å²) in [5.41, 5.74) is -0.484. The highest BCUT2D eigenvalue weighted by atomic mass is 19.3. The number of aromatic nitrogens is 5. The SMILES string of the molecule is Cn1nc(C(F)F)cc1Nc1nncn1C(C)(C)C. The minimum absolute atomic E-state index is 0.212. The van der Waals surface area contributed by atoms with Gasteiger partial charge in [0, 0.05) is 18.7 Å². The molecule has 2 aromatic rings. The third-order valence-corrected chi connectivity index (χ3v) is 2.63. The predicted molar refractivity (Wildman–Crippen MR) is 66.5 cm³/mol. The fourth-order valence-electron chi connectivity index (χ4n) is 1.64. The van der Waals surface area contributed by atoms with E-state index in [0.717, 1.165) is 0 Å². The molecule has 2 rings (SSSR count). The third-order valence-electron chi connectivity index (χ3n) is 2.63. The normalized spacial score (nSPS) is 12.2. The Labute approximate surface area is 109 Å². The van der Waals surface area contributed by atoms with Gasteiger partial charge in [0.1, 0.15) is 17.8 Å². The molecular weight excluding hydrogens is 254 g/mol. The van der Waals surface area contributed by atoms with Gasteiger partial charge >= 0.3 is 0 Å². The molecule has 8 heteroatoms. The fraction of sp³-hybridized carbons (Fsp3) is 0.545. The van der Waals surface area contributed by atoms with Gasteiger partial charge in [-0.25, -0.2) is 8.78 Å². The lowest BCUT2D eigenvalue weighted by molar-refractivity contribution is 0.145. The van der Waals surface area contributed by atoms with E-state index in [2.05, 4.69) is 20.6 Å². The molecule has 0 aliphatic heterocycles. The molecule has 0 unspecified atom stereocenters. The molecule has 0 saturated heterocycles. The number of hydrogen-bond acceptors (Lipinski definition) is 4. The molecule has 0 aliphatic rings. The molecule has 0 spiro atoms. The van der Waals surface area contributed by atoms with Gasteiger partial charge in [-0.1, -0.05) is 0 Å². The van der Waals surface area contributed by atoms with E-state index in [-0.39, 0.29) is 11.2 Å². The molecule has 1 N–H and O–H groups in total. The molecule has 2 aromatic heterocycles. The Morgan fingerprint density at radius 2 is 2.00 bits per heavy atom. The van der Waals surface area contributed by atoms with Crippen molar-refractivity contribution >= 4 is 11.8 Å². The van der Waals surface area contributed by atoms with Crippen LogP contribution in [-0.2, 0) is 12.6 Å². The summed E-state index contributed by atoms with van der Waals surface area (Å²) >= 11 is 0. The van der Waals surface area contributed by atoms with Gasteiger partial charge in [0.15, 0.2) is 0 Å². The van der Waals surface area contributed by atoms with Crippen LogP contribution in [0.4, 0.5) is 20.5 Å². The molecule has 0 saturated carbocycles. The van der Waals surface area contributed by atoms with E-state index in [1.54, 1.807) is 13.4 Å². The summed E-state index contributed by atoms with van der Waals surface area (Å²) in [5, 5.41) is 14.5. The van der Waals surface area contributed by atoms with Crippen molar-refractivity contribution in [2.75, 3.05) is 5.32 Å². The predicted octanol–water partition coefficient (Wildman–Crippen LogP) is 2.45. The second-order valence-corrected chi connectivity index (χ2v) is 5.20. The first kappa shape index (κ1) is 13.4. The summed E-state index contributed by atoms with van der Waals surface area (Å²) in [6.07, 6.45) is -1.01. The summed E-state index contributed by atoms with van der Waals surface area (Å²) in [6, 6.07) is 1.30. The van der Waals surface area contributed by atoms with Crippen LogP contribution < -0.4 is 5.32 Å². The van der Waals surface area contributed by atoms with Gasteiger partial charge in [0.05, 0.1) is 0 Å². The van der Waals surface area contributed by atoms with Crippen molar-refractivity contribution in [1.82, 2.24) is 24.5 Å². The van der Waals surface area contributed by atoms with Crippen molar-refractivity contribution in [1.29, 1.82) is 0 Å². The Bertz CT molecular complexity index is 566. The average molecular weight is 270 g/mol. The lowest BCUT2D eigenvalue weighted by atomic mass is 10.1. The quantitative estimate of drug-likeness (QED) is 0.930. The van der Waals surface area contributed by atoms with Crippen molar-refractivity contribution < 1.29 is 8.78 Å². The van der Waals surface area contributed by atoms with Crippen molar-refractivity contribution in [2.24, 2.45) is 7.05 Å². The highest BCUT2D eigenvalue weighted by Crippen LogP contribution is 2.24. The van der Waals surface area contributed by atoms with Crippen LogP contribution in [0.2, 0.25) is 0 Å². The van der Waals surface area contributed by atoms with Crippen LogP contribution in [0, 0.1) is 0 Å². The molecule has 0 bridgehead atoms. The zero-order valence-electron chi connectivity index (χ0n) is 11.2. The summed E-state index contributed by atoms with van der Waals surface area (Å²) < 4.78 is 28.3. The van der Waals surface area contributed by atoms with Crippen molar-refractivity contribution in [3.63, 3.8) is 0 Å². The summed E-state index contributed by atoms with van der Waals surface area (Å²) in [4.78, 5) is 0. The number of hydrogen-bond donors (Lipinski definition) is 1. The van der Waals surface area contributed by atoms with Gasteiger partial charge in [-0.15, -0.1) is 10.2 Å². The van der Waals surface area contributed by atoms with Gasteiger partial charge in [0.25, 0.3) is 6.43 Å². The number of aryl methyl sites for hydroxylation is 1. The van der Waals surface area contributed by atoms with E-state index in [4.69, 9.17) is 0 Å². The second-order valence-electron chi connectivity index (χ2n) is 5.20. The summed E-state index contributed by atoms with van der Waals surface area (Å²) in [6.45, 7) is 5.99. The smallest absolute Gasteiger partial charge is 0.282 e. The monoisotopic (exact) mass is 270 g/mol. The zero-order valence-corrected chi connectivity index (χ0v) is 11.2. The van der Waals surface area contributed by atoms with Crippen molar-refractivity contribution in [3.8, 4) is 0 Å².